The zero-order valence-corrected chi connectivity index (χ0v) is 16.2. The molecule has 0 N–H and O–H groups in total. The SMILES string of the molecule is C[C@@H](OC(=O)c1ccc2c(c1)C(=O)N(c1ccc(Cl)cc1)C2=O)C(=O)N(C)C. The van der Waals surface area contributed by atoms with Gasteiger partial charge < -0.3 is 9.64 Å². The van der Waals surface area contributed by atoms with Gasteiger partial charge >= 0.3 is 5.97 Å². The first-order chi connectivity index (χ1) is 13.2. The second kappa shape index (κ2) is 7.44. The number of hydrogen-bond acceptors (Lipinski definition) is 5. The van der Waals surface area contributed by atoms with Crippen molar-refractivity contribution in [1.29, 1.82) is 0 Å². The summed E-state index contributed by atoms with van der Waals surface area (Å²) < 4.78 is 5.15. The molecule has 2 aromatic rings. The third kappa shape index (κ3) is 3.48. The molecule has 28 heavy (non-hydrogen) atoms. The van der Waals surface area contributed by atoms with Gasteiger partial charge in [0, 0.05) is 19.1 Å². The number of anilines is 1. The quantitative estimate of drug-likeness (QED) is 0.582. The van der Waals surface area contributed by atoms with Crippen LogP contribution < -0.4 is 4.90 Å². The molecule has 0 unspecified atom stereocenters. The number of hydrogen-bond donors (Lipinski definition) is 0. The molecule has 0 saturated carbocycles. The molecule has 2 aromatic carbocycles. The number of carbonyl (C=O) groups excluding carboxylic acids is 4. The van der Waals surface area contributed by atoms with E-state index in [0.29, 0.717) is 10.7 Å². The number of nitrogens with zero attached hydrogens (tertiary/aromatic N) is 2. The Morgan fingerprint density at radius 2 is 1.61 bits per heavy atom. The topological polar surface area (TPSA) is 84.0 Å². The molecular formula is C20H17ClN2O5. The number of amides is 3. The van der Waals surface area contributed by atoms with Gasteiger partial charge in [0.2, 0.25) is 0 Å². The number of carbonyl (C=O) groups is 4. The summed E-state index contributed by atoms with van der Waals surface area (Å²) in [5.74, 6) is -2.15. The lowest BCUT2D eigenvalue weighted by Crippen LogP contribution is -2.34. The van der Waals surface area contributed by atoms with Gasteiger partial charge in [-0.2, -0.15) is 0 Å². The predicted octanol–water partition coefficient (Wildman–Crippen LogP) is 2.77. The van der Waals surface area contributed by atoms with Gasteiger partial charge in [-0.25, -0.2) is 9.69 Å². The molecule has 0 spiro atoms. The molecular weight excluding hydrogens is 384 g/mol. The van der Waals surface area contributed by atoms with Crippen molar-refractivity contribution in [2.75, 3.05) is 19.0 Å². The maximum absolute atomic E-state index is 12.7. The van der Waals surface area contributed by atoms with E-state index in [1.54, 1.807) is 38.4 Å². The molecule has 0 bridgehead atoms. The Labute approximate surface area is 166 Å². The van der Waals surface area contributed by atoms with E-state index in [2.05, 4.69) is 0 Å². The highest BCUT2D eigenvalue weighted by Crippen LogP contribution is 2.30. The van der Waals surface area contributed by atoms with Crippen LogP contribution >= 0.6 is 11.6 Å². The number of halogens is 1. The first kappa shape index (κ1) is 19.6. The Bertz CT molecular complexity index is 985. The number of esters is 1. The third-order valence-electron chi connectivity index (χ3n) is 4.28. The fourth-order valence-electron chi connectivity index (χ4n) is 2.84. The second-order valence-electron chi connectivity index (χ2n) is 6.46. The van der Waals surface area contributed by atoms with Crippen LogP contribution in [0.4, 0.5) is 5.69 Å². The van der Waals surface area contributed by atoms with Crippen LogP contribution in [-0.4, -0.2) is 48.8 Å². The van der Waals surface area contributed by atoms with Crippen LogP contribution in [0.1, 0.15) is 38.0 Å². The summed E-state index contributed by atoms with van der Waals surface area (Å²) in [5, 5.41) is 0.479. The molecule has 3 amide bonds. The summed E-state index contributed by atoms with van der Waals surface area (Å²) in [7, 11) is 3.11. The third-order valence-corrected chi connectivity index (χ3v) is 4.53. The smallest absolute Gasteiger partial charge is 0.338 e. The maximum Gasteiger partial charge on any atom is 0.338 e. The molecule has 0 saturated heterocycles. The molecule has 1 aliphatic heterocycles. The molecule has 0 radical (unpaired) electrons. The van der Waals surface area contributed by atoms with Gasteiger partial charge in [0.25, 0.3) is 17.7 Å². The maximum atomic E-state index is 12.7. The van der Waals surface area contributed by atoms with E-state index in [4.69, 9.17) is 16.3 Å². The normalized spacial score (nSPS) is 13.9. The highest BCUT2D eigenvalue weighted by Gasteiger charge is 2.37. The predicted molar refractivity (Wildman–Crippen MR) is 103 cm³/mol. The number of fused-ring (bicyclic) bond motifs is 1. The minimum absolute atomic E-state index is 0.0799. The molecule has 3 rings (SSSR count). The summed E-state index contributed by atoms with van der Waals surface area (Å²) in [6.45, 7) is 1.46. The Hall–Kier alpha value is -3.19. The van der Waals surface area contributed by atoms with E-state index < -0.39 is 23.9 Å². The minimum Gasteiger partial charge on any atom is -0.449 e. The average molecular weight is 401 g/mol. The van der Waals surface area contributed by atoms with Gasteiger partial charge in [-0.1, -0.05) is 11.6 Å². The Morgan fingerprint density at radius 3 is 2.21 bits per heavy atom. The van der Waals surface area contributed by atoms with Crippen LogP contribution in [-0.2, 0) is 9.53 Å². The summed E-state index contributed by atoms with van der Waals surface area (Å²) in [5.41, 5.74) is 0.746. The van der Waals surface area contributed by atoms with E-state index in [1.807, 2.05) is 0 Å². The van der Waals surface area contributed by atoms with E-state index in [-0.39, 0.29) is 22.6 Å². The molecule has 0 aromatic heterocycles. The largest absolute Gasteiger partial charge is 0.449 e. The van der Waals surface area contributed by atoms with Gasteiger partial charge in [0.1, 0.15) is 0 Å². The first-order valence-electron chi connectivity index (χ1n) is 8.41. The van der Waals surface area contributed by atoms with Gasteiger partial charge in [0.05, 0.1) is 22.4 Å². The number of benzene rings is 2. The highest BCUT2D eigenvalue weighted by atomic mass is 35.5. The summed E-state index contributed by atoms with van der Waals surface area (Å²) in [6.07, 6.45) is -0.973. The van der Waals surface area contributed by atoms with Crippen molar-refractivity contribution in [3.8, 4) is 0 Å². The lowest BCUT2D eigenvalue weighted by molar-refractivity contribution is -0.137. The van der Waals surface area contributed by atoms with E-state index in [1.165, 1.54) is 30.0 Å². The van der Waals surface area contributed by atoms with Crippen molar-refractivity contribution in [3.05, 3.63) is 64.2 Å². The minimum atomic E-state index is -0.973. The van der Waals surface area contributed by atoms with Crippen LogP contribution in [0, 0.1) is 0 Å². The molecule has 144 valence electrons. The van der Waals surface area contributed by atoms with Crippen molar-refractivity contribution < 1.29 is 23.9 Å². The summed E-state index contributed by atoms with van der Waals surface area (Å²) >= 11 is 5.85. The molecule has 1 atom stereocenters. The van der Waals surface area contributed by atoms with E-state index in [0.717, 1.165) is 4.90 Å². The van der Waals surface area contributed by atoms with Crippen LogP contribution in [0.25, 0.3) is 0 Å². The Balaban J connectivity index is 1.86. The van der Waals surface area contributed by atoms with E-state index in [9.17, 15) is 19.2 Å². The monoisotopic (exact) mass is 400 g/mol. The Kier molecular flexibility index (Phi) is 5.20. The Morgan fingerprint density at radius 1 is 1.00 bits per heavy atom. The number of likely N-dealkylation sites (N-methyl/N-ethyl adjacent to an activating group) is 1. The zero-order valence-electron chi connectivity index (χ0n) is 15.4. The van der Waals surface area contributed by atoms with Gasteiger partial charge in [-0.05, 0) is 49.4 Å². The molecule has 0 fully saturated rings. The molecule has 1 heterocycles. The van der Waals surface area contributed by atoms with Crippen molar-refractivity contribution in [2.45, 2.75) is 13.0 Å². The lowest BCUT2D eigenvalue weighted by Gasteiger charge is -2.17. The molecule has 1 aliphatic rings. The van der Waals surface area contributed by atoms with Gasteiger partial charge in [-0.3, -0.25) is 14.4 Å². The summed E-state index contributed by atoms with van der Waals surface area (Å²) in [4.78, 5) is 51.9. The van der Waals surface area contributed by atoms with Crippen molar-refractivity contribution in [2.24, 2.45) is 0 Å². The van der Waals surface area contributed by atoms with Crippen LogP contribution in [0.5, 0.6) is 0 Å². The van der Waals surface area contributed by atoms with Gasteiger partial charge in [0.15, 0.2) is 6.10 Å². The van der Waals surface area contributed by atoms with Gasteiger partial charge in [-0.15, -0.1) is 0 Å². The molecule has 7 nitrogen and oxygen atoms in total. The van der Waals surface area contributed by atoms with Crippen molar-refractivity contribution >= 4 is 41.0 Å². The van der Waals surface area contributed by atoms with Crippen molar-refractivity contribution in [3.63, 3.8) is 0 Å². The number of rotatable bonds is 4. The van der Waals surface area contributed by atoms with Crippen LogP contribution in [0.15, 0.2) is 42.5 Å². The first-order valence-corrected chi connectivity index (χ1v) is 8.79. The lowest BCUT2D eigenvalue weighted by atomic mass is 10.1. The van der Waals surface area contributed by atoms with E-state index >= 15 is 0 Å². The molecule has 0 aliphatic carbocycles. The zero-order chi connectivity index (χ0) is 20.6. The number of imide groups is 1. The number of ether oxygens (including phenoxy) is 1. The fourth-order valence-corrected chi connectivity index (χ4v) is 2.96. The van der Waals surface area contributed by atoms with Crippen LogP contribution in [0.3, 0.4) is 0 Å². The van der Waals surface area contributed by atoms with Crippen molar-refractivity contribution in [1.82, 2.24) is 4.90 Å². The molecule has 8 heteroatoms. The van der Waals surface area contributed by atoms with Crippen LogP contribution in [0.2, 0.25) is 5.02 Å². The second-order valence-corrected chi connectivity index (χ2v) is 6.90. The average Bonchev–Trinajstić information content (AvgIpc) is 2.92. The fraction of sp³-hybridized carbons (Fsp3) is 0.200. The highest BCUT2D eigenvalue weighted by molar-refractivity contribution is 6.35. The summed E-state index contributed by atoms with van der Waals surface area (Å²) in [6, 6.07) is 10.4. The standard InChI is InChI=1S/C20H17ClN2O5/c1-11(17(24)22(2)3)28-20(27)12-4-9-15-16(10-12)19(26)23(18(15)25)14-7-5-13(21)6-8-14/h4-11H,1-3H3/t11-/m1/s1.